The molecule has 1 spiro atoms. The third-order valence-electron chi connectivity index (χ3n) is 9.21. The number of nitrogens with zero attached hydrogens (tertiary/aromatic N) is 3. The first-order chi connectivity index (χ1) is 17.8. The summed E-state index contributed by atoms with van der Waals surface area (Å²) in [6, 6.07) is 9.80. The Morgan fingerprint density at radius 2 is 1.97 bits per heavy atom. The summed E-state index contributed by atoms with van der Waals surface area (Å²) in [6.07, 6.45) is 6.16. The second-order valence-electron chi connectivity index (χ2n) is 12.0. The molecule has 2 amide bonds. The van der Waals surface area contributed by atoms with Gasteiger partial charge in [0.25, 0.3) is 5.91 Å². The van der Waals surface area contributed by atoms with Crippen LogP contribution in [0.4, 0.5) is 0 Å². The van der Waals surface area contributed by atoms with Crippen molar-refractivity contribution in [2.75, 3.05) is 33.7 Å². The number of rotatable bonds is 4. The zero-order valence-electron chi connectivity index (χ0n) is 22.9. The van der Waals surface area contributed by atoms with Crippen LogP contribution in [0.1, 0.15) is 57.9 Å². The van der Waals surface area contributed by atoms with Gasteiger partial charge in [-0.2, -0.15) is 0 Å². The molecule has 3 saturated heterocycles. The molecule has 3 heterocycles. The van der Waals surface area contributed by atoms with E-state index in [2.05, 4.69) is 17.1 Å². The van der Waals surface area contributed by atoms with Crippen molar-refractivity contribution in [2.24, 2.45) is 11.8 Å². The monoisotopic (exact) mass is 512 g/mol. The molecule has 5 unspecified atom stereocenters. The Morgan fingerprint density at radius 1 is 1.19 bits per heavy atom. The lowest BCUT2D eigenvalue weighted by atomic mass is 9.86. The highest BCUT2D eigenvalue weighted by Crippen LogP contribution is 2.44. The Labute approximate surface area is 221 Å². The van der Waals surface area contributed by atoms with E-state index in [-0.39, 0.29) is 30.1 Å². The molecule has 4 fully saturated rings. The number of fused-ring (bicyclic) bond motifs is 4. The van der Waals surface area contributed by atoms with Gasteiger partial charge in [-0.1, -0.05) is 43.7 Å². The first-order valence-corrected chi connectivity index (χ1v) is 14.1. The Bertz CT molecular complexity index is 958. The van der Waals surface area contributed by atoms with Gasteiger partial charge >= 0.3 is 0 Å². The van der Waals surface area contributed by atoms with E-state index in [9.17, 15) is 9.59 Å². The largest absolute Gasteiger partial charge is 0.373 e. The van der Waals surface area contributed by atoms with E-state index in [0.717, 1.165) is 44.2 Å². The van der Waals surface area contributed by atoms with E-state index in [1.807, 2.05) is 37.3 Å². The second kappa shape index (κ2) is 11.0. The van der Waals surface area contributed by atoms with Crippen LogP contribution in [0.15, 0.2) is 30.3 Å². The molecule has 0 aromatic heterocycles. The topological polar surface area (TPSA) is 74.4 Å². The number of likely N-dealkylation sites (N-methyl/N-ethyl adjacent to an activating group) is 1. The van der Waals surface area contributed by atoms with Crippen molar-refractivity contribution < 1.29 is 19.2 Å². The fourth-order valence-electron chi connectivity index (χ4n) is 6.92. The van der Waals surface area contributed by atoms with Crippen LogP contribution in [-0.4, -0.2) is 90.2 Å². The van der Waals surface area contributed by atoms with Gasteiger partial charge in [-0.25, -0.2) is 5.06 Å². The number of ether oxygens (including phenoxy) is 1. The smallest absolute Gasteiger partial charge is 0.268 e. The van der Waals surface area contributed by atoms with E-state index in [4.69, 9.17) is 9.57 Å². The maximum absolute atomic E-state index is 13.6. The van der Waals surface area contributed by atoms with Gasteiger partial charge in [0, 0.05) is 33.2 Å². The highest BCUT2D eigenvalue weighted by atomic mass is 16.7. The van der Waals surface area contributed by atoms with Crippen LogP contribution in [0, 0.1) is 11.8 Å². The molecule has 8 nitrogen and oxygen atoms in total. The van der Waals surface area contributed by atoms with Gasteiger partial charge in [-0.05, 0) is 56.4 Å². The van der Waals surface area contributed by atoms with Gasteiger partial charge in [0.2, 0.25) is 5.91 Å². The lowest BCUT2D eigenvalue weighted by Gasteiger charge is -2.52. The minimum absolute atomic E-state index is 0.0454. The summed E-state index contributed by atoms with van der Waals surface area (Å²) in [6.45, 7) is 6.90. The Kier molecular flexibility index (Phi) is 7.91. The summed E-state index contributed by atoms with van der Waals surface area (Å²) in [7, 11) is 3.61. The van der Waals surface area contributed by atoms with Crippen molar-refractivity contribution >= 4 is 11.8 Å². The van der Waals surface area contributed by atoms with Crippen LogP contribution in [-0.2, 0) is 25.8 Å². The quantitative estimate of drug-likeness (QED) is 0.626. The van der Waals surface area contributed by atoms with E-state index >= 15 is 0 Å². The number of carbonyl (C=O) groups excluding carboxylic acids is 2. The molecule has 204 valence electrons. The molecule has 3 aliphatic heterocycles. The van der Waals surface area contributed by atoms with E-state index < -0.39 is 11.6 Å². The van der Waals surface area contributed by atoms with Gasteiger partial charge in [-0.3, -0.25) is 19.3 Å². The first kappa shape index (κ1) is 26.6. The number of β-lactam (4-membered cyclic amide) rings is 1. The fraction of sp³-hybridized carbons (Fsp3) is 0.724. The van der Waals surface area contributed by atoms with Crippen molar-refractivity contribution in [3.05, 3.63) is 35.9 Å². The van der Waals surface area contributed by atoms with Gasteiger partial charge in [-0.15, -0.1) is 0 Å². The minimum Gasteiger partial charge on any atom is -0.373 e. The number of hydroxylamine groups is 2. The third kappa shape index (κ3) is 5.31. The third-order valence-corrected chi connectivity index (χ3v) is 9.21. The van der Waals surface area contributed by atoms with Crippen molar-refractivity contribution in [1.82, 2.24) is 20.2 Å². The molecular formula is C29H44N4O4. The predicted octanol–water partition coefficient (Wildman–Crippen LogP) is 2.82. The molecular weight excluding hydrogens is 468 g/mol. The number of hydrogen-bond donors (Lipinski definition) is 1. The fourth-order valence-corrected chi connectivity index (χ4v) is 6.92. The van der Waals surface area contributed by atoms with Crippen LogP contribution in [0.2, 0.25) is 0 Å². The molecule has 1 N–H and O–H groups in total. The maximum atomic E-state index is 13.6. The number of hydrogen-bond acceptors (Lipinski definition) is 6. The summed E-state index contributed by atoms with van der Waals surface area (Å²) < 4.78 is 6.63. The van der Waals surface area contributed by atoms with Crippen LogP contribution in [0.5, 0.6) is 0 Å². The molecule has 1 aliphatic carbocycles. The molecule has 5 rings (SSSR count). The first-order valence-electron chi connectivity index (χ1n) is 14.1. The molecule has 0 radical (unpaired) electrons. The van der Waals surface area contributed by atoms with E-state index in [1.54, 1.807) is 24.1 Å². The summed E-state index contributed by atoms with van der Waals surface area (Å²) in [5.74, 6) is 1.07. The van der Waals surface area contributed by atoms with Crippen LogP contribution in [0.25, 0.3) is 0 Å². The summed E-state index contributed by atoms with van der Waals surface area (Å²) in [5, 5.41) is 5.14. The molecule has 4 aliphatic rings. The summed E-state index contributed by atoms with van der Waals surface area (Å²) in [4.78, 5) is 36.9. The number of benzene rings is 1. The van der Waals surface area contributed by atoms with Crippen LogP contribution < -0.4 is 5.32 Å². The maximum Gasteiger partial charge on any atom is 0.268 e. The normalized spacial score (nSPS) is 36.9. The Balaban J connectivity index is 1.35. The SMILES string of the molecule is CC1CCCC2CC1O[C@H](C)[C@@H](C(=O)N(C)C)NCC1CCC3(CN(OCc4ccccc4)C3=O)N1C2. The molecule has 2 bridgehead atoms. The summed E-state index contributed by atoms with van der Waals surface area (Å²) >= 11 is 0. The minimum atomic E-state index is -0.488. The molecule has 7 atom stereocenters. The highest BCUT2D eigenvalue weighted by molar-refractivity contribution is 5.92. The highest BCUT2D eigenvalue weighted by Gasteiger charge is 2.61. The van der Waals surface area contributed by atoms with Gasteiger partial charge < -0.3 is 15.0 Å². The van der Waals surface area contributed by atoms with E-state index in [1.165, 1.54) is 6.42 Å². The summed E-state index contributed by atoms with van der Waals surface area (Å²) in [5.41, 5.74) is 0.572. The van der Waals surface area contributed by atoms with E-state index in [0.29, 0.717) is 31.5 Å². The number of nitrogens with one attached hydrogen (secondary N) is 1. The average molecular weight is 513 g/mol. The molecule has 37 heavy (non-hydrogen) atoms. The lowest BCUT2D eigenvalue weighted by Crippen LogP contribution is -2.73. The second-order valence-corrected chi connectivity index (χ2v) is 12.0. The van der Waals surface area contributed by atoms with Crippen LogP contribution in [0.3, 0.4) is 0 Å². The van der Waals surface area contributed by atoms with Crippen molar-refractivity contribution in [2.45, 2.75) is 88.8 Å². The van der Waals surface area contributed by atoms with Gasteiger partial charge in [0.1, 0.15) is 18.2 Å². The molecule has 1 aromatic rings. The number of carbonyl (C=O) groups is 2. The lowest BCUT2D eigenvalue weighted by molar-refractivity contribution is -0.244. The van der Waals surface area contributed by atoms with Gasteiger partial charge in [0.05, 0.1) is 18.8 Å². The Hall–Kier alpha value is -2.00. The van der Waals surface area contributed by atoms with Crippen LogP contribution >= 0.6 is 0 Å². The molecule has 8 heteroatoms. The zero-order chi connectivity index (χ0) is 26.2. The number of amides is 2. The standard InChI is InChI=1S/C29H44N4O4/c1-20-9-8-12-23-15-25(20)37-21(2)26(27(34)31(3)4)30-16-24-13-14-29(32(24)17-23)19-33(28(29)35)36-18-22-10-6-5-7-11-22/h5-7,10-11,20-21,23-26,30H,8-9,12-19H2,1-4H3/t20?,21-,23?,24?,25?,26+,29?/m1/s1. The van der Waals surface area contributed by atoms with Crippen molar-refractivity contribution in [3.8, 4) is 0 Å². The Morgan fingerprint density at radius 3 is 2.70 bits per heavy atom. The van der Waals surface area contributed by atoms with Gasteiger partial charge in [0.15, 0.2) is 0 Å². The molecule has 1 saturated carbocycles. The average Bonchev–Trinajstić information content (AvgIpc) is 3.14. The van der Waals surface area contributed by atoms with Crippen molar-refractivity contribution in [3.63, 3.8) is 0 Å². The molecule has 1 aromatic carbocycles. The van der Waals surface area contributed by atoms with Crippen molar-refractivity contribution in [1.29, 1.82) is 0 Å². The predicted molar refractivity (Wildman–Crippen MR) is 141 cm³/mol. The zero-order valence-corrected chi connectivity index (χ0v) is 22.9.